The number of ether oxygens (including phenoxy) is 1. The van der Waals surface area contributed by atoms with Gasteiger partial charge < -0.3 is 10.1 Å². The average molecular weight is 436 g/mol. The summed E-state index contributed by atoms with van der Waals surface area (Å²) >= 11 is 0. The molecule has 0 aliphatic carbocycles. The molecule has 0 bridgehead atoms. The third kappa shape index (κ3) is 4.67. The van der Waals surface area contributed by atoms with E-state index in [1.807, 2.05) is 30.3 Å². The van der Waals surface area contributed by atoms with Crippen LogP contribution in [0.15, 0.2) is 54.6 Å². The summed E-state index contributed by atoms with van der Waals surface area (Å²) in [5.41, 5.74) is 1.98. The summed E-state index contributed by atoms with van der Waals surface area (Å²) in [6.45, 7) is 2.48. The Labute approximate surface area is 188 Å². The lowest BCUT2D eigenvalue weighted by Gasteiger charge is -2.40. The van der Waals surface area contributed by atoms with Crippen LogP contribution in [-0.2, 0) is 22.5 Å². The molecule has 168 valence electrons. The number of nitrogens with one attached hydrogen (secondary N) is 2. The molecule has 0 aromatic heterocycles. The molecule has 2 aromatic carbocycles. The molecule has 4 rings (SSSR count). The number of amides is 3. The van der Waals surface area contributed by atoms with Crippen molar-refractivity contribution in [3.8, 4) is 0 Å². The van der Waals surface area contributed by atoms with Gasteiger partial charge in [-0.3, -0.25) is 15.0 Å². The fourth-order valence-electron chi connectivity index (χ4n) is 4.87. The summed E-state index contributed by atoms with van der Waals surface area (Å²) in [5, 5.41) is 5.45. The van der Waals surface area contributed by atoms with E-state index in [4.69, 9.17) is 4.74 Å². The van der Waals surface area contributed by atoms with Crippen molar-refractivity contribution in [2.45, 2.75) is 37.8 Å². The highest BCUT2D eigenvalue weighted by Crippen LogP contribution is 2.35. The van der Waals surface area contributed by atoms with E-state index < -0.39 is 11.6 Å². The van der Waals surface area contributed by atoms with Crippen molar-refractivity contribution in [1.82, 2.24) is 15.5 Å². The van der Waals surface area contributed by atoms with E-state index in [1.54, 1.807) is 12.1 Å². The number of benzene rings is 2. The minimum absolute atomic E-state index is 0.0932. The molecule has 2 saturated heterocycles. The fraction of sp³-hybridized carbons (Fsp3) is 0.400. The summed E-state index contributed by atoms with van der Waals surface area (Å²) < 4.78 is 4.75. The molecule has 0 saturated carbocycles. The second-order valence-electron chi connectivity index (χ2n) is 8.60. The molecule has 2 aliphatic rings. The maximum Gasteiger partial charge on any atom is 0.337 e. The Morgan fingerprint density at radius 2 is 1.72 bits per heavy atom. The van der Waals surface area contributed by atoms with E-state index in [1.165, 1.54) is 7.11 Å². The SMILES string of the molecule is COC(=O)c1ccc(CN2CCC([C@]3(CCc4ccccc4)NC(=O)NC3=O)CC2)cc1. The molecule has 2 aliphatic heterocycles. The van der Waals surface area contributed by atoms with Crippen LogP contribution in [0.25, 0.3) is 0 Å². The van der Waals surface area contributed by atoms with E-state index in [0.717, 1.165) is 50.0 Å². The van der Waals surface area contributed by atoms with E-state index in [0.29, 0.717) is 12.0 Å². The number of methoxy groups -OCH3 is 1. The van der Waals surface area contributed by atoms with Crippen LogP contribution in [0.3, 0.4) is 0 Å². The van der Waals surface area contributed by atoms with Gasteiger partial charge in [-0.05, 0) is 68.0 Å². The van der Waals surface area contributed by atoms with Gasteiger partial charge in [-0.1, -0.05) is 42.5 Å². The third-order valence-corrected chi connectivity index (χ3v) is 6.69. The number of hydrogen-bond acceptors (Lipinski definition) is 5. The Morgan fingerprint density at radius 3 is 2.31 bits per heavy atom. The molecular formula is C25H29N3O4. The number of aryl methyl sites for hydroxylation is 1. The molecule has 0 spiro atoms. The van der Waals surface area contributed by atoms with Crippen LogP contribution in [0.1, 0.15) is 40.7 Å². The number of esters is 1. The van der Waals surface area contributed by atoms with Crippen LogP contribution in [0.2, 0.25) is 0 Å². The topological polar surface area (TPSA) is 87.7 Å². The largest absolute Gasteiger partial charge is 0.465 e. The smallest absolute Gasteiger partial charge is 0.337 e. The second kappa shape index (κ2) is 9.53. The van der Waals surface area contributed by atoms with Crippen LogP contribution in [0.4, 0.5) is 4.79 Å². The minimum Gasteiger partial charge on any atom is -0.465 e. The molecular weight excluding hydrogens is 406 g/mol. The highest BCUT2D eigenvalue weighted by molar-refractivity contribution is 6.07. The maximum absolute atomic E-state index is 12.9. The number of carbonyl (C=O) groups excluding carboxylic acids is 3. The number of piperidine rings is 1. The second-order valence-corrected chi connectivity index (χ2v) is 8.60. The quantitative estimate of drug-likeness (QED) is 0.516. The Kier molecular flexibility index (Phi) is 6.55. The number of hydrogen-bond donors (Lipinski definition) is 2. The van der Waals surface area contributed by atoms with E-state index in [9.17, 15) is 14.4 Å². The van der Waals surface area contributed by atoms with Gasteiger partial charge in [0.2, 0.25) is 0 Å². The van der Waals surface area contributed by atoms with Crippen molar-refractivity contribution >= 4 is 17.9 Å². The summed E-state index contributed by atoms with van der Waals surface area (Å²) in [6.07, 6.45) is 3.00. The van der Waals surface area contributed by atoms with Gasteiger partial charge >= 0.3 is 12.0 Å². The highest BCUT2D eigenvalue weighted by Gasteiger charge is 2.51. The van der Waals surface area contributed by atoms with Gasteiger partial charge in [-0.25, -0.2) is 9.59 Å². The summed E-state index contributed by atoms with van der Waals surface area (Å²) in [4.78, 5) is 38.9. The molecule has 2 N–H and O–H groups in total. The molecule has 1 atom stereocenters. The first-order valence-electron chi connectivity index (χ1n) is 11.1. The Balaban J connectivity index is 1.38. The van der Waals surface area contributed by atoms with Crippen molar-refractivity contribution in [2.75, 3.05) is 20.2 Å². The zero-order valence-electron chi connectivity index (χ0n) is 18.3. The van der Waals surface area contributed by atoms with Crippen molar-refractivity contribution < 1.29 is 19.1 Å². The first-order valence-corrected chi connectivity index (χ1v) is 11.1. The number of rotatable bonds is 7. The molecule has 2 heterocycles. The zero-order valence-corrected chi connectivity index (χ0v) is 18.3. The van der Waals surface area contributed by atoms with Gasteiger partial charge in [-0.15, -0.1) is 0 Å². The number of carbonyl (C=O) groups is 3. The fourth-order valence-corrected chi connectivity index (χ4v) is 4.87. The lowest BCUT2D eigenvalue weighted by Crippen LogP contribution is -2.56. The van der Waals surface area contributed by atoms with Crippen LogP contribution in [0.5, 0.6) is 0 Å². The van der Waals surface area contributed by atoms with Crippen molar-refractivity contribution in [3.05, 3.63) is 71.3 Å². The number of nitrogens with zero attached hydrogens (tertiary/aromatic N) is 1. The zero-order chi connectivity index (χ0) is 22.6. The Hall–Kier alpha value is -3.19. The Morgan fingerprint density at radius 1 is 1.03 bits per heavy atom. The molecule has 2 fully saturated rings. The van der Waals surface area contributed by atoms with Gasteiger partial charge in [0.15, 0.2) is 0 Å². The molecule has 0 radical (unpaired) electrons. The maximum atomic E-state index is 12.9. The van der Waals surface area contributed by atoms with Gasteiger partial charge in [0.1, 0.15) is 5.54 Å². The first-order chi connectivity index (χ1) is 15.5. The minimum atomic E-state index is -0.846. The molecule has 2 aromatic rings. The highest BCUT2D eigenvalue weighted by atomic mass is 16.5. The molecule has 0 unspecified atom stereocenters. The molecule has 7 nitrogen and oxygen atoms in total. The summed E-state index contributed by atoms with van der Waals surface area (Å²) in [6, 6.07) is 17.1. The van der Waals surface area contributed by atoms with Crippen molar-refractivity contribution in [1.29, 1.82) is 0 Å². The van der Waals surface area contributed by atoms with Crippen LogP contribution >= 0.6 is 0 Å². The van der Waals surface area contributed by atoms with E-state index in [2.05, 4.69) is 27.7 Å². The van der Waals surface area contributed by atoms with Crippen molar-refractivity contribution in [3.63, 3.8) is 0 Å². The predicted octanol–water partition coefficient (Wildman–Crippen LogP) is 2.90. The van der Waals surface area contributed by atoms with Gasteiger partial charge in [-0.2, -0.15) is 0 Å². The third-order valence-electron chi connectivity index (χ3n) is 6.69. The first kappa shape index (κ1) is 22.0. The monoisotopic (exact) mass is 435 g/mol. The standard InChI is InChI=1S/C25H29N3O4/c1-32-22(29)20-9-7-19(8-10-20)17-28-15-12-21(13-16-28)25(23(30)26-24(31)27-25)14-11-18-5-3-2-4-6-18/h2-10,21H,11-17H2,1H3,(H2,26,27,30,31)/t25-/m0/s1. The van der Waals surface area contributed by atoms with E-state index in [-0.39, 0.29) is 17.8 Å². The summed E-state index contributed by atoms with van der Waals surface area (Å²) in [5.74, 6) is -0.444. The van der Waals surface area contributed by atoms with Gasteiger partial charge in [0, 0.05) is 6.54 Å². The molecule has 32 heavy (non-hydrogen) atoms. The van der Waals surface area contributed by atoms with Crippen molar-refractivity contribution in [2.24, 2.45) is 5.92 Å². The lowest BCUT2D eigenvalue weighted by molar-refractivity contribution is -0.127. The number of likely N-dealkylation sites (tertiary alicyclic amines) is 1. The summed E-state index contributed by atoms with van der Waals surface area (Å²) in [7, 11) is 1.38. The molecule has 3 amide bonds. The average Bonchev–Trinajstić information content (AvgIpc) is 3.12. The van der Waals surface area contributed by atoms with Crippen LogP contribution in [-0.4, -0.2) is 48.5 Å². The van der Waals surface area contributed by atoms with Gasteiger partial charge in [0.25, 0.3) is 5.91 Å². The number of urea groups is 1. The predicted molar refractivity (Wildman–Crippen MR) is 120 cm³/mol. The number of imide groups is 1. The normalized spacial score (nSPS) is 21.8. The Bertz CT molecular complexity index is 968. The molecule has 7 heteroatoms. The van der Waals surface area contributed by atoms with Crippen LogP contribution < -0.4 is 10.6 Å². The van der Waals surface area contributed by atoms with E-state index >= 15 is 0 Å². The van der Waals surface area contributed by atoms with Gasteiger partial charge in [0.05, 0.1) is 12.7 Å². The van der Waals surface area contributed by atoms with Crippen LogP contribution in [0, 0.1) is 5.92 Å². The lowest BCUT2D eigenvalue weighted by atomic mass is 9.74.